The van der Waals surface area contributed by atoms with Crippen LogP contribution in [0.5, 0.6) is 0 Å². The van der Waals surface area contributed by atoms with E-state index in [0.29, 0.717) is 16.1 Å². The van der Waals surface area contributed by atoms with Crippen molar-refractivity contribution in [1.29, 1.82) is 0 Å². The van der Waals surface area contributed by atoms with E-state index in [9.17, 15) is 4.79 Å². The van der Waals surface area contributed by atoms with Gasteiger partial charge >= 0.3 is 0 Å². The van der Waals surface area contributed by atoms with Crippen LogP contribution < -0.4 is 4.90 Å². The standard InChI is InChI=1S/C22H18N6OS2/c1-14-8-10-17(11-9-14)28-15(2)20(25-26-28)18-12-30-21(23-18)24-22-27(19(29)13-31-22)16-6-4-3-5-7-16/h3-12H,13H2,1-2H3. The molecular weight excluding hydrogens is 428 g/mol. The lowest BCUT2D eigenvalue weighted by Crippen LogP contribution is -2.28. The van der Waals surface area contributed by atoms with Crippen LogP contribution in [0.4, 0.5) is 10.8 Å². The fourth-order valence-corrected chi connectivity index (χ4v) is 4.88. The van der Waals surface area contributed by atoms with E-state index in [2.05, 4.69) is 27.2 Å². The number of aromatic nitrogens is 4. The molecule has 1 fully saturated rings. The Balaban J connectivity index is 1.44. The van der Waals surface area contributed by atoms with E-state index in [1.807, 2.05) is 71.6 Å². The molecule has 1 saturated heterocycles. The molecule has 1 amide bonds. The average Bonchev–Trinajstić information content (AvgIpc) is 3.49. The van der Waals surface area contributed by atoms with Gasteiger partial charge in [0.25, 0.3) is 0 Å². The van der Waals surface area contributed by atoms with Crippen molar-refractivity contribution in [1.82, 2.24) is 20.0 Å². The van der Waals surface area contributed by atoms with E-state index in [1.165, 1.54) is 28.7 Å². The van der Waals surface area contributed by atoms with Crippen LogP contribution in [-0.2, 0) is 4.79 Å². The van der Waals surface area contributed by atoms with Crippen LogP contribution in [0.1, 0.15) is 11.3 Å². The molecular formula is C22H18N6OS2. The number of hydrogen-bond acceptors (Lipinski definition) is 7. The van der Waals surface area contributed by atoms with Crippen LogP contribution in [-0.4, -0.2) is 36.8 Å². The second-order valence-corrected chi connectivity index (χ2v) is 8.81. The molecule has 2 aromatic carbocycles. The number of amidine groups is 1. The van der Waals surface area contributed by atoms with Crippen molar-refractivity contribution in [3.8, 4) is 17.1 Å². The van der Waals surface area contributed by atoms with Crippen LogP contribution in [0, 0.1) is 13.8 Å². The number of hydrogen-bond donors (Lipinski definition) is 0. The molecule has 9 heteroatoms. The van der Waals surface area contributed by atoms with Crippen molar-refractivity contribution in [2.24, 2.45) is 4.99 Å². The summed E-state index contributed by atoms with van der Waals surface area (Å²) in [5.74, 6) is 0.388. The van der Waals surface area contributed by atoms with Crippen LogP contribution in [0.25, 0.3) is 17.1 Å². The van der Waals surface area contributed by atoms with Gasteiger partial charge in [-0.05, 0) is 38.1 Å². The summed E-state index contributed by atoms with van der Waals surface area (Å²) < 4.78 is 1.81. The minimum Gasteiger partial charge on any atom is -0.273 e. The minimum atomic E-state index is 0.0172. The van der Waals surface area contributed by atoms with Gasteiger partial charge in [0.1, 0.15) is 11.4 Å². The number of thiazole rings is 1. The molecule has 0 bridgehead atoms. The lowest BCUT2D eigenvalue weighted by atomic mass is 10.2. The number of carbonyl (C=O) groups is 1. The highest BCUT2D eigenvalue weighted by atomic mass is 32.2. The number of para-hydroxylation sites is 1. The summed E-state index contributed by atoms with van der Waals surface area (Å²) in [5.41, 5.74) is 5.31. The molecule has 1 aliphatic rings. The van der Waals surface area contributed by atoms with Crippen LogP contribution in [0.15, 0.2) is 65.0 Å². The first-order valence-electron chi connectivity index (χ1n) is 9.65. The Hall–Kier alpha value is -3.30. The van der Waals surface area contributed by atoms with Crippen molar-refractivity contribution in [3.63, 3.8) is 0 Å². The molecule has 0 unspecified atom stereocenters. The van der Waals surface area contributed by atoms with E-state index in [4.69, 9.17) is 0 Å². The molecule has 0 aliphatic carbocycles. The Morgan fingerprint density at radius 2 is 1.77 bits per heavy atom. The Morgan fingerprint density at radius 1 is 1.00 bits per heavy atom. The van der Waals surface area contributed by atoms with Crippen molar-refractivity contribution in [2.75, 3.05) is 10.7 Å². The molecule has 5 rings (SSSR count). The lowest BCUT2D eigenvalue weighted by Gasteiger charge is -2.15. The molecule has 0 radical (unpaired) electrons. The Labute approximate surface area is 187 Å². The molecule has 7 nitrogen and oxygen atoms in total. The highest BCUT2D eigenvalue weighted by Gasteiger charge is 2.30. The summed E-state index contributed by atoms with van der Waals surface area (Å²) in [6.07, 6.45) is 0. The van der Waals surface area contributed by atoms with Crippen LogP contribution in [0.3, 0.4) is 0 Å². The first-order valence-corrected chi connectivity index (χ1v) is 11.5. The van der Waals surface area contributed by atoms with Crippen LogP contribution >= 0.6 is 23.1 Å². The zero-order valence-corrected chi connectivity index (χ0v) is 18.5. The van der Waals surface area contributed by atoms with Crippen LogP contribution in [0.2, 0.25) is 0 Å². The molecule has 2 aromatic heterocycles. The molecule has 3 heterocycles. The number of amides is 1. The largest absolute Gasteiger partial charge is 0.273 e. The van der Waals surface area contributed by atoms with Gasteiger partial charge in [-0.2, -0.15) is 4.99 Å². The second kappa shape index (κ2) is 8.09. The topological polar surface area (TPSA) is 76.3 Å². The molecule has 1 aliphatic heterocycles. The van der Waals surface area contributed by atoms with Crippen molar-refractivity contribution >= 4 is 45.0 Å². The smallest absolute Gasteiger partial charge is 0.243 e. The summed E-state index contributed by atoms with van der Waals surface area (Å²) in [6, 6.07) is 17.7. The predicted molar refractivity (Wildman–Crippen MR) is 125 cm³/mol. The maximum atomic E-state index is 12.4. The van der Waals surface area contributed by atoms with Crippen molar-refractivity contribution in [2.45, 2.75) is 13.8 Å². The summed E-state index contributed by atoms with van der Waals surface area (Å²) in [5, 5.41) is 11.8. The van der Waals surface area contributed by atoms with Crippen molar-refractivity contribution < 1.29 is 4.79 Å². The highest BCUT2D eigenvalue weighted by Crippen LogP contribution is 2.32. The number of benzene rings is 2. The van der Waals surface area contributed by atoms with E-state index < -0.39 is 0 Å². The Kier molecular flexibility index (Phi) is 5.13. The first-order chi connectivity index (χ1) is 15.1. The second-order valence-electron chi connectivity index (χ2n) is 7.03. The van der Waals surface area contributed by atoms with Gasteiger partial charge in [-0.15, -0.1) is 16.4 Å². The van der Waals surface area contributed by atoms with Gasteiger partial charge in [0.15, 0.2) is 5.17 Å². The SMILES string of the molecule is Cc1ccc(-n2nnc(-c3csc(N=C4SCC(=O)N4c4ccccc4)n3)c2C)cc1. The summed E-state index contributed by atoms with van der Waals surface area (Å²) in [7, 11) is 0. The fraction of sp³-hybridized carbons (Fsp3) is 0.136. The molecule has 4 aromatic rings. The summed E-state index contributed by atoms with van der Waals surface area (Å²) in [4.78, 5) is 23.3. The van der Waals surface area contributed by atoms with Gasteiger partial charge in [0, 0.05) is 5.38 Å². The lowest BCUT2D eigenvalue weighted by molar-refractivity contribution is -0.115. The van der Waals surface area contributed by atoms with Crippen molar-refractivity contribution in [3.05, 3.63) is 71.2 Å². The van der Waals surface area contributed by atoms with E-state index in [0.717, 1.165) is 28.5 Å². The first kappa shape index (κ1) is 19.7. The maximum Gasteiger partial charge on any atom is 0.243 e. The van der Waals surface area contributed by atoms with E-state index in [-0.39, 0.29) is 5.91 Å². The quantitative estimate of drug-likeness (QED) is 0.451. The zero-order chi connectivity index (χ0) is 21.4. The predicted octanol–water partition coefficient (Wildman–Crippen LogP) is 4.78. The monoisotopic (exact) mass is 446 g/mol. The van der Waals surface area contributed by atoms with Gasteiger partial charge in [-0.3, -0.25) is 9.69 Å². The minimum absolute atomic E-state index is 0.0172. The number of rotatable bonds is 4. The molecule has 0 atom stereocenters. The number of carbonyl (C=O) groups excluding carboxylic acids is 1. The average molecular weight is 447 g/mol. The number of aliphatic imine (C=N–C) groups is 1. The van der Waals surface area contributed by atoms with Gasteiger partial charge in [-0.1, -0.05) is 52.9 Å². The molecule has 31 heavy (non-hydrogen) atoms. The third-order valence-corrected chi connectivity index (χ3v) is 6.54. The fourth-order valence-electron chi connectivity index (χ4n) is 3.28. The molecule has 0 spiro atoms. The van der Waals surface area contributed by atoms with Gasteiger partial charge in [0.05, 0.1) is 22.8 Å². The van der Waals surface area contributed by atoms with E-state index >= 15 is 0 Å². The molecule has 154 valence electrons. The maximum absolute atomic E-state index is 12.4. The van der Waals surface area contributed by atoms with Gasteiger partial charge < -0.3 is 0 Å². The molecule has 0 N–H and O–H groups in total. The third kappa shape index (κ3) is 3.77. The van der Waals surface area contributed by atoms with Gasteiger partial charge in [-0.25, -0.2) is 9.67 Å². The van der Waals surface area contributed by atoms with E-state index in [1.54, 1.807) is 4.90 Å². The highest BCUT2D eigenvalue weighted by molar-refractivity contribution is 8.15. The normalized spacial score (nSPS) is 15.2. The molecule has 0 saturated carbocycles. The Bertz CT molecular complexity index is 1280. The number of aryl methyl sites for hydroxylation is 1. The third-order valence-electron chi connectivity index (χ3n) is 4.88. The van der Waals surface area contributed by atoms with Gasteiger partial charge in [0.2, 0.25) is 11.0 Å². The Morgan fingerprint density at radius 3 is 2.55 bits per heavy atom. The number of anilines is 1. The summed E-state index contributed by atoms with van der Waals surface area (Å²) >= 11 is 2.84. The number of nitrogens with zero attached hydrogens (tertiary/aromatic N) is 6. The number of thioether (sulfide) groups is 1. The zero-order valence-electron chi connectivity index (χ0n) is 16.9. The summed E-state index contributed by atoms with van der Waals surface area (Å²) in [6.45, 7) is 4.03.